The molecule has 0 unspecified atom stereocenters. The van der Waals surface area contributed by atoms with Crippen LogP contribution in [0.4, 0.5) is 17.5 Å². The molecule has 7 nitrogen and oxygen atoms in total. The highest BCUT2D eigenvalue weighted by atomic mass is 16.2. The summed E-state index contributed by atoms with van der Waals surface area (Å²) < 4.78 is 0. The number of rotatable bonds is 4. The van der Waals surface area contributed by atoms with Gasteiger partial charge in [-0.15, -0.1) is 10.2 Å². The molecule has 1 fully saturated rings. The van der Waals surface area contributed by atoms with Gasteiger partial charge in [0.2, 0.25) is 5.91 Å². The molecule has 7 heteroatoms. The van der Waals surface area contributed by atoms with Gasteiger partial charge in [0.05, 0.1) is 0 Å². The van der Waals surface area contributed by atoms with E-state index < -0.39 is 0 Å². The predicted octanol–water partition coefficient (Wildman–Crippen LogP) is 1.67. The van der Waals surface area contributed by atoms with Gasteiger partial charge in [0.25, 0.3) is 0 Å². The molecule has 3 rings (SSSR count). The van der Waals surface area contributed by atoms with E-state index in [9.17, 15) is 4.79 Å². The van der Waals surface area contributed by atoms with Gasteiger partial charge < -0.3 is 15.1 Å². The third-order valence-electron chi connectivity index (χ3n) is 3.83. The highest BCUT2D eigenvalue weighted by Gasteiger charge is 2.20. The summed E-state index contributed by atoms with van der Waals surface area (Å²) >= 11 is 0. The van der Waals surface area contributed by atoms with E-state index in [0.29, 0.717) is 12.2 Å². The summed E-state index contributed by atoms with van der Waals surface area (Å²) in [5.74, 6) is 2.44. The number of nitrogens with zero attached hydrogens (tertiary/aromatic N) is 5. The molecule has 0 aliphatic carbocycles. The summed E-state index contributed by atoms with van der Waals surface area (Å²) in [6.45, 7) is 4.94. The third kappa shape index (κ3) is 3.74. The molecule has 0 aromatic carbocycles. The molecular weight excluding hydrogens is 292 g/mol. The molecule has 0 atom stereocenters. The summed E-state index contributed by atoms with van der Waals surface area (Å²) in [5, 5.41) is 11.6. The molecule has 0 radical (unpaired) electrons. The summed E-state index contributed by atoms with van der Waals surface area (Å²) in [5.41, 5.74) is 0. The second-order valence-electron chi connectivity index (χ2n) is 5.34. The van der Waals surface area contributed by atoms with Crippen molar-refractivity contribution in [2.75, 3.05) is 36.4 Å². The molecule has 3 heterocycles. The first-order valence-corrected chi connectivity index (χ1v) is 7.81. The van der Waals surface area contributed by atoms with Crippen LogP contribution in [0.2, 0.25) is 0 Å². The van der Waals surface area contributed by atoms with Gasteiger partial charge in [-0.1, -0.05) is 13.0 Å². The number of pyridine rings is 1. The predicted molar refractivity (Wildman–Crippen MR) is 88.6 cm³/mol. The van der Waals surface area contributed by atoms with Crippen molar-refractivity contribution >= 4 is 23.4 Å². The van der Waals surface area contributed by atoms with Crippen LogP contribution in [0.15, 0.2) is 36.5 Å². The SMILES string of the molecule is CCC(=O)N1CCN(c2ccc(Nc3ccccn3)nn2)CC1. The zero-order valence-electron chi connectivity index (χ0n) is 13.1. The molecule has 1 aliphatic heterocycles. The number of nitrogens with one attached hydrogen (secondary N) is 1. The first-order valence-electron chi connectivity index (χ1n) is 7.81. The third-order valence-corrected chi connectivity index (χ3v) is 3.83. The molecule has 2 aromatic heterocycles. The molecule has 1 amide bonds. The molecule has 23 heavy (non-hydrogen) atoms. The lowest BCUT2D eigenvalue weighted by Gasteiger charge is -2.35. The first-order chi connectivity index (χ1) is 11.3. The molecule has 120 valence electrons. The Morgan fingerprint density at radius 1 is 1.09 bits per heavy atom. The maximum absolute atomic E-state index is 11.7. The van der Waals surface area contributed by atoms with Gasteiger partial charge in [-0.25, -0.2) is 4.98 Å². The fraction of sp³-hybridized carbons (Fsp3) is 0.375. The second-order valence-corrected chi connectivity index (χ2v) is 5.34. The van der Waals surface area contributed by atoms with Gasteiger partial charge in [-0.2, -0.15) is 0 Å². The number of anilines is 3. The molecular formula is C16H20N6O. The minimum absolute atomic E-state index is 0.214. The highest BCUT2D eigenvalue weighted by molar-refractivity contribution is 5.76. The maximum Gasteiger partial charge on any atom is 0.222 e. The topological polar surface area (TPSA) is 74.2 Å². The number of aromatic nitrogens is 3. The van der Waals surface area contributed by atoms with E-state index in [2.05, 4.69) is 25.4 Å². The van der Waals surface area contributed by atoms with Gasteiger partial charge in [0, 0.05) is 38.8 Å². The number of carbonyl (C=O) groups excluding carboxylic acids is 1. The zero-order valence-corrected chi connectivity index (χ0v) is 13.1. The van der Waals surface area contributed by atoms with Crippen LogP contribution in [0.3, 0.4) is 0 Å². The van der Waals surface area contributed by atoms with Crippen molar-refractivity contribution in [1.82, 2.24) is 20.1 Å². The largest absolute Gasteiger partial charge is 0.352 e. The number of piperazine rings is 1. The Morgan fingerprint density at radius 3 is 2.52 bits per heavy atom. The van der Waals surface area contributed by atoms with Crippen molar-refractivity contribution in [2.45, 2.75) is 13.3 Å². The van der Waals surface area contributed by atoms with Crippen molar-refractivity contribution in [3.8, 4) is 0 Å². The van der Waals surface area contributed by atoms with E-state index in [0.717, 1.165) is 37.8 Å². The Bertz CT molecular complexity index is 637. The number of carbonyl (C=O) groups is 1. The summed E-state index contributed by atoms with van der Waals surface area (Å²) in [4.78, 5) is 19.9. The number of amides is 1. The fourth-order valence-electron chi connectivity index (χ4n) is 2.54. The van der Waals surface area contributed by atoms with Crippen molar-refractivity contribution in [2.24, 2.45) is 0 Å². The van der Waals surface area contributed by atoms with Gasteiger partial charge in [-0.05, 0) is 24.3 Å². The fourth-order valence-corrected chi connectivity index (χ4v) is 2.54. The van der Waals surface area contributed by atoms with Gasteiger partial charge in [0.1, 0.15) is 5.82 Å². The van der Waals surface area contributed by atoms with E-state index in [1.165, 1.54) is 0 Å². The standard InChI is InChI=1S/C16H20N6O/c1-2-16(23)22-11-9-21(10-12-22)15-7-6-14(19-20-15)18-13-5-3-4-8-17-13/h3-8H,2,9-12H2,1H3,(H,17,18,19). The van der Waals surface area contributed by atoms with E-state index in [1.54, 1.807) is 6.20 Å². The van der Waals surface area contributed by atoms with Gasteiger partial charge in [0.15, 0.2) is 11.6 Å². The Kier molecular flexibility index (Phi) is 4.65. The molecule has 2 aromatic rings. The average molecular weight is 312 g/mol. The highest BCUT2D eigenvalue weighted by Crippen LogP contribution is 2.16. The molecule has 1 aliphatic rings. The minimum atomic E-state index is 0.214. The second kappa shape index (κ2) is 7.04. The van der Waals surface area contributed by atoms with Crippen LogP contribution in [0.5, 0.6) is 0 Å². The van der Waals surface area contributed by atoms with Crippen LogP contribution >= 0.6 is 0 Å². The molecule has 0 saturated carbocycles. The lowest BCUT2D eigenvalue weighted by Crippen LogP contribution is -2.48. The quantitative estimate of drug-likeness (QED) is 0.926. The molecule has 0 spiro atoms. The van der Waals surface area contributed by atoms with E-state index in [1.807, 2.05) is 42.2 Å². The Hall–Kier alpha value is -2.70. The first kappa shape index (κ1) is 15.2. The summed E-state index contributed by atoms with van der Waals surface area (Å²) in [6.07, 6.45) is 2.29. The number of hydrogen-bond acceptors (Lipinski definition) is 6. The van der Waals surface area contributed by atoms with Crippen LogP contribution in [0.1, 0.15) is 13.3 Å². The van der Waals surface area contributed by atoms with Crippen LogP contribution in [0.25, 0.3) is 0 Å². The normalized spacial score (nSPS) is 14.7. The Morgan fingerprint density at radius 2 is 1.91 bits per heavy atom. The van der Waals surface area contributed by atoms with Crippen molar-refractivity contribution in [3.63, 3.8) is 0 Å². The van der Waals surface area contributed by atoms with Crippen molar-refractivity contribution in [1.29, 1.82) is 0 Å². The van der Waals surface area contributed by atoms with E-state index in [-0.39, 0.29) is 5.91 Å². The molecule has 1 saturated heterocycles. The number of hydrogen-bond donors (Lipinski definition) is 1. The van der Waals surface area contributed by atoms with Crippen molar-refractivity contribution in [3.05, 3.63) is 36.5 Å². The average Bonchev–Trinajstić information content (AvgIpc) is 2.63. The summed E-state index contributed by atoms with van der Waals surface area (Å²) in [7, 11) is 0. The lowest BCUT2D eigenvalue weighted by atomic mass is 10.3. The monoisotopic (exact) mass is 312 g/mol. The Balaban J connectivity index is 1.59. The van der Waals surface area contributed by atoms with Crippen LogP contribution in [0, 0.1) is 0 Å². The van der Waals surface area contributed by atoms with E-state index in [4.69, 9.17) is 0 Å². The summed E-state index contributed by atoms with van der Waals surface area (Å²) in [6, 6.07) is 9.48. The van der Waals surface area contributed by atoms with Crippen LogP contribution in [-0.2, 0) is 4.79 Å². The smallest absolute Gasteiger partial charge is 0.222 e. The van der Waals surface area contributed by atoms with Crippen LogP contribution < -0.4 is 10.2 Å². The lowest BCUT2D eigenvalue weighted by molar-refractivity contribution is -0.131. The molecule has 1 N–H and O–H groups in total. The van der Waals surface area contributed by atoms with Crippen molar-refractivity contribution < 1.29 is 4.79 Å². The van der Waals surface area contributed by atoms with Crippen LogP contribution in [-0.4, -0.2) is 52.2 Å². The Labute approximate surface area is 135 Å². The zero-order chi connectivity index (χ0) is 16.1. The molecule has 0 bridgehead atoms. The van der Waals surface area contributed by atoms with E-state index >= 15 is 0 Å². The minimum Gasteiger partial charge on any atom is -0.352 e. The van der Waals surface area contributed by atoms with Gasteiger partial charge in [-0.3, -0.25) is 4.79 Å². The maximum atomic E-state index is 11.7. The van der Waals surface area contributed by atoms with Gasteiger partial charge >= 0.3 is 0 Å².